The van der Waals surface area contributed by atoms with Crippen LogP contribution in [0.1, 0.15) is 67.7 Å². The van der Waals surface area contributed by atoms with Gasteiger partial charge in [-0.3, -0.25) is 4.79 Å². The molecule has 2 N–H and O–H groups in total. The van der Waals surface area contributed by atoms with Gasteiger partial charge in [0.1, 0.15) is 12.1 Å². The van der Waals surface area contributed by atoms with E-state index >= 15 is 0 Å². The van der Waals surface area contributed by atoms with E-state index in [4.69, 9.17) is 4.98 Å². The van der Waals surface area contributed by atoms with E-state index in [-0.39, 0.29) is 0 Å². The Morgan fingerprint density at radius 3 is 2.70 bits per heavy atom. The number of hydrogen-bond acceptors (Lipinski definition) is 5. The van der Waals surface area contributed by atoms with Gasteiger partial charge in [0.25, 0.3) is 0 Å². The quantitative estimate of drug-likeness (QED) is 0.617. The number of carboxylic acids is 1. The van der Waals surface area contributed by atoms with Gasteiger partial charge in [0.15, 0.2) is 0 Å². The number of carbonyl (C=O) groups is 1. The van der Waals surface area contributed by atoms with Crippen molar-refractivity contribution < 1.29 is 9.90 Å². The lowest BCUT2D eigenvalue weighted by Crippen LogP contribution is -2.14. The molecule has 0 amide bonds. The second-order valence-electron chi connectivity index (χ2n) is 7.21. The smallest absolute Gasteiger partial charge is 0.311 e. The molecule has 2 aromatic heterocycles. The van der Waals surface area contributed by atoms with Gasteiger partial charge in [-0.05, 0) is 43.7 Å². The Bertz CT molecular complexity index is 736. The standard InChI is InChI=1S/C21H28N4O2/c26-21(27)19(17-13-22-15-23-14-17)9-5-3-1-2-4-8-18-11-10-16-7-6-12-24-20(16)25-18/h10-11,13-15,19H,1-9,12H2,(H,24,25)(H,26,27)/t19-/m0/s1. The number of hydrogen-bond donors (Lipinski definition) is 2. The van der Waals surface area contributed by atoms with Gasteiger partial charge in [0.05, 0.1) is 5.92 Å². The van der Waals surface area contributed by atoms with Crippen molar-refractivity contribution in [3.8, 4) is 0 Å². The third kappa shape index (κ3) is 5.74. The maximum atomic E-state index is 11.5. The molecule has 0 unspecified atom stereocenters. The molecular formula is C21H28N4O2. The zero-order valence-electron chi connectivity index (χ0n) is 15.7. The first-order valence-corrected chi connectivity index (χ1v) is 9.94. The number of nitrogens with one attached hydrogen (secondary N) is 1. The fourth-order valence-electron chi connectivity index (χ4n) is 3.62. The van der Waals surface area contributed by atoms with Gasteiger partial charge in [-0.2, -0.15) is 0 Å². The lowest BCUT2D eigenvalue weighted by atomic mass is 9.95. The molecule has 0 bridgehead atoms. The number of fused-ring (bicyclic) bond motifs is 1. The molecule has 0 fully saturated rings. The fraction of sp³-hybridized carbons (Fsp3) is 0.524. The van der Waals surface area contributed by atoms with Crippen LogP contribution in [-0.4, -0.2) is 32.6 Å². The van der Waals surface area contributed by atoms with Crippen LogP contribution in [0.15, 0.2) is 30.9 Å². The molecule has 3 rings (SSSR count). The summed E-state index contributed by atoms with van der Waals surface area (Å²) in [6, 6.07) is 4.37. The van der Waals surface area contributed by atoms with Crippen LogP contribution in [0.4, 0.5) is 5.82 Å². The molecule has 0 saturated heterocycles. The minimum Gasteiger partial charge on any atom is -0.481 e. The van der Waals surface area contributed by atoms with Crippen LogP contribution in [0.3, 0.4) is 0 Å². The van der Waals surface area contributed by atoms with Gasteiger partial charge in [0, 0.05) is 30.2 Å². The van der Waals surface area contributed by atoms with Crippen LogP contribution in [-0.2, 0) is 17.6 Å². The normalized spacial score (nSPS) is 14.2. The van der Waals surface area contributed by atoms with Gasteiger partial charge in [-0.25, -0.2) is 15.0 Å². The number of unbranched alkanes of at least 4 members (excludes halogenated alkanes) is 4. The van der Waals surface area contributed by atoms with E-state index in [0.717, 1.165) is 63.0 Å². The molecule has 1 atom stereocenters. The predicted octanol–water partition coefficient (Wildman–Crippen LogP) is 3.98. The van der Waals surface area contributed by atoms with E-state index in [0.29, 0.717) is 12.0 Å². The Morgan fingerprint density at radius 1 is 1.11 bits per heavy atom. The van der Waals surface area contributed by atoms with Crippen molar-refractivity contribution in [1.29, 1.82) is 0 Å². The molecule has 0 spiro atoms. The maximum Gasteiger partial charge on any atom is 0.311 e. The van der Waals surface area contributed by atoms with E-state index < -0.39 is 11.9 Å². The highest BCUT2D eigenvalue weighted by Crippen LogP contribution is 2.23. The lowest BCUT2D eigenvalue weighted by molar-refractivity contribution is -0.139. The molecule has 6 nitrogen and oxygen atoms in total. The van der Waals surface area contributed by atoms with Crippen molar-refractivity contribution in [2.24, 2.45) is 0 Å². The van der Waals surface area contributed by atoms with Gasteiger partial charge < -0.3 is 10.4 Å². The van der Waals surface area contributed by atoms with E-state index in [1.54, 1.807) is 12.4 Å². The van der Waals surface area contributed by atoms with Gasteiger partial charge in [-0.15, -0.1) is 0 Å². The molecule has 0 saturated carbocycles. The van der Waals surface area contributed by atoms with Gasteiger partial charge >= 0.3 is 5.97 Å². The van der Waals surface area contributed by atoms with Crippen LogP contribution in [0.2, 0.25) is 0 Å². The summed E-state index contributed by atoms with van der Waals surface area (Å²) >= 11 is 0. The first kappa shape index (κ1) is 19.3. The molecule has 6 heteroatoms. The van der Waals surface area contributed by atoms with Crippen molar-refractivity contribution in [1.82, 2.24) is 15.0 Å². The van der Waals surface area contributed by atoms with Crippen LogP contribution in [0.25, 0.3) is 0 Å². The van der Waals surface area contributed by atoms with E-state index in [9.17, 15) is 9.90 Å². The summed E-state index contributed by atoms with van der Waals surface area (Å²) in [7, 11) is 0. The zero-order valence-corrected chi connectivity index (χ0v) is 15.7. The number of nitrogens with zero attached hydrogens (tertiary/aromatic N) is 3. The summed E-state index contributed by atoms with van der Waals surface area (Å²) in [4.78, 5) is 24.0. The van der Waals surface area contributed by atoms with Crippen molar-refractivity contribution in [2.45, 2.75) is 63.7 Å². The van der Waals surface area contributed by atoms with Crippen molar-refractivity contribution >= 4 is 11.8 Å². The largest absolute Gasteiger partial charge is 0.481 e. The first-order chi connectivity index (χ1) is 13.2. The minimum atomic E-state index is -0.795. The summed E-state index contributed by atoms with van der Waals surface area (Å²) in [6.07, 6.45) is 14.0. The monoisotopic (exact) mass is 368 g/mol. The Hall–Kier alpha value is -2.50. The summed E-state index contributed by atoms with van der Waals surface area (Å²) in [6.45, 7) is 1.02. The number of rotatable bonds is 10. The molecule has 1 aliphatic rings. The molecule has 144 valence electrons. The first-order valence-electron chi connectivity index (χ1n) is 9.94. The summed E-state index contributed by atoms with van der Waals surface area (Å²) in [5.74, 6) is -0.223. The summed E-state index contributed by atoms with van der Waals surface area (Å²) in [5.41, 5.74) is 3.19. The highest BCUT2D eigenvalue weighted by molar-refractivity contribution is 5.75. The molecule has 2 aromatic rings. The number of aromatic nitrogens is 3. The van der Waals surface area contributed by atoms with E-state index in [1.165, 1.54) is 18.3 Å². The number of aryl methyl sites for hydroxylation is 2. The molecular weight excluding hydrogens is 340 g/mol. The van der Waals surface area contributed by atoms with E-state index in [1.807, 2.05) is 0 Å². The van der Waals surface area contributed by atoms with Crippen LogP contribution < -0.4 is 5.32 Å². The average Bonchev–Trinajstić information content (AvgIpc) is 2.70. The highest BCUT2D eigenvalue weighted by Gasteiger charge is 2.19. The average molecular weight is 368 g/mol. The third-order valence-electron chi connectivity index (χ3n) is 5.16. The zero-order chi connectivity index (χ0) is 18.9. The Labute approximate surface area is 160 Å². The number of anilines is 1. The highest BCUT2D eigenvalue weighted by atomic mass is 16.4. The van der Waals surface area contributed by atoms with Crippen LogP contribution in [0.5, 0.6) is 0 Å². The predicted molar refractivity (Wildman–Crippen MR) is 105 cm³/mol. The van der Waals surface area contributed by atoms with E-state index in [2.05, 4.69) is 27.4 Å². The second-order valence-corrected chi connectivity index (χ2v) is 7.21. The Balaban J connectivity index is 1.33. The second kappa shape index (κ2) is 10.00. The van der Waals surface area contributed by atoms with Crippen molar-refractivity contribution in [3.05, 3.63) is 47.7 Å². The van der Waals surface area contributed by atoms with Crippen molar-refractivity contribution in [3.63, 3.8) is 0 Å². The molecule has 0 aromatic carbocycles. The third-order valence-corrected chi connectivity index (χ3v) is 5.16. The van der Waals surface area contributed by atoms with Gasteiger partial charge in [-0.1, -0.05) is 31.7 Å². The molecule has 0 radical (unpaired) electrons. The van der Waals surface area contributed by atoms with Crippen LogP contribution >= 0.6 is 0 Å². The van der Waals surface area contributed by atoms with Crippen LogP contribution in [0, 0.1) is 0 Å². The molecule has 3 heterocycles. The van der Waals surface area contributed by atoms with Crippen molar-refractivity contribution in [2.75, 3.05) is 11.9 Å². The molecule has 0 aliphatic carbocycles. The Morgan fingerprint density at radius 2 is 1.89 bits per heavy atom. The van der Waals surface area contributed by atoms with Gasteiger partial charge in [0.2, 0.25) is 0 Å². The fourth-order valence-corrected chi connectivity index (χ4v) is 3.62. The summed E-state index contributed by atoms with van der Waals surface area (Å²) < 4.78 is 0. The maximum absolute atomic E-state index is 11.5. The number of carboxylic acid groups (broad SMARTS) is 1. The topological polar surface area (TPSA) is 88.0 Å². The molecule has 1 aliphatic heterocycles. The Kier molecular flexibility index (Phi) is 7.13. The minimum absolute atomic E-state index is 0.501. The number of pyridine rings is 1. The molecule has 27 heavy (non-hydrogen) atoms. The SMILES string of the molecule is O=C(O)[C@@H](CCCCCCCc1ccc2c(n1)NCCC2)c1cncnc1. The lowest BCUT2D eigenvalue weighted by Gasteiger charge is -2.17. The number of aliphatic carboxylic acids is 1. The summed E-state index contributed by atoms with van der Waals surface area (Å²) in [5, 5.41) is 12.8.